The topological polar surface area (TPSA) is 62.6 Å². The van der Waals surface area contributed by atoms with E-state index in [4.69, 9.17) is 39.8 Å². The molecule has 0 aliphatic carbocycles. The second-order valence-corrected chi connectivity index (χ2v) is 7.49. The van der Waals surface area contributed by atoms with Crippen LogP contribution in [0.1, 0.15) is 5.76 Å². The fourth-order valence-corrected chi connectivity index (χ4v) is 3.67. The van der Waals surface area contributed by atoms with Gasteiger partial charge >= 0.3 is 0 Å². The predicted octanol–water partition coefficient (Wildman–Crippen LogP) is 5.22. The zero-order valence-corrected chi connectivity index (χ0v) is 17.3. The molecule has 2 aromatic carbocycles. The molecular formula is C21H11Cl2FN2O3S. The smallest absolute Gasteiger partial charge is 0.270 e. The van der Waals surface area contributed by atoms with E-state index in [2.05, 4.69) is 5.32 Å². The lowest BCUT2D eigenvalue weighted by atomic mass is 10.1. The van der Waals surface area contributed by atoms with Gasteiger partial charge in [0.25, 0.3) is 11.8 Å². The van der Waals surface area contributed by atoms with Crippen molar-refractivity contribution < 1.29 is 18.4 Å². The Bertz CT molecular complexity index is 1220. The Balaban J connectivity index is 1.68. The summed E-state index contributed by atoms with van der Waals surface area (Å²) in [7, 11) is 0. The van der Waals surface area contributed by atoms with E-state index >= 15 is 0 Å². The molecule has 0 atom stereocenters. The van der Waals surface area contributed by atoms with Gasteiger partial charge in [0.1, 0.15) is 22.9 Å². The van der Waals surface area contributed by atoms with Crippen LogP contribution in [-0.4, -0.2) is 16.9 Å². The predicted molar refractivity (Wildman–Crippen MR) is 117 cm³/mol. The molecule has 0 radical (unpaired) electrons. The van der Waals surface area contributed by atoms with Crippen LogP contribution in [0, 0.1) is 5.82 Å². The average Bonchev–Trinajstić information content (AvgIpc) is 3.15. The number of nitrogens with one attached hydrogen (secondary N) is 1. The first kappa shape index (κ1) is 20.3. The molecule has 1 aliphatic heterocycles. The maximum Gasteiger partial charge on any atom is 0.270 e. The van der Waals surface area contributed by atoms with Crippen LogP contribution in [-0.2, 0) is 9.59 Å². The second kappa shape index (κ2) is 8.02. The summed E-state index contributed by atoms with van der Waals surface area (Å²) >= 11 is 17.2. The fraction of sp³-hybridized carbons (Fsp3) is 0. The summed E-state index contributed by atoms with van der Waals surface area (Å²) in [6.07, 6.45) is 1.31. The molecule has 1 N–H and O–H groups in total. The maximum atomic E-state index is 13.2. The van der Waals surface area contributed by atoms with Crippen LogP contribution in [0.2, 0.25) is 10.0 Å². The minimum Gasteiger partial charge on any atom is -0.457 e. The molecule has 0 saturated carbocycles. The van der Waals surface area contributed by atoms with Crippen molar-refractivity contribution in [2.24, 2.45) is 0 Å². The molecule has 4 rings (SSSR count). The highest BCUT2D eigenvalue weighted by molar-refractivity contribution is 7.80. The van der Waals surface area contributed by atoms with Gasteiger partial charge in [-0.15, -0.1) is 0 Å². The SMILES string of the molecule is O=C1NC(=S)N(c2ccc(F)cc2)C(=O)/C1=C/c1ccc(-c2ccc(Cl)cc2Cl)o1. The molecule has 2 heterocycles. The molecule has 2 amide bonds. The number of thiocarbonyl (C=S) groups is 1. The third kappa shape index (κ3) is 3.87. The first-order valence-electron chi connectivity index (χ1n) is 8.56. The normalized spacial score (nSPS) is 15.6. The molecule has 1 aromatic heterocycles. The van der Waals surface area contributed by atoms with Gasteiger partial charge in [0.15, 0.2) is 5.11 Å². The molecule has 1 aliphatic rings. The number of furan rings is 1. The Hall–Kier alpha value is -3.00. The summed E-state index contributed by atoms with van der Waals surface area (Å²) in [5, 5.41) is 3.24. The van der Waals surface area contributed by atoms with Gasteiger partial charge in [-0.05, 0) is 72.9 Å². The molecule has 3 aromatic rings. The Morgan fingerprint density at radius 2 is 1.77 bits per heavy atom. The molecule has 1 saturated heterocycles. The average molecular weight is 461 g/mol. The Morgan fingerprint density at radius 3 is 2.47 bits per heavy atom. The monoisotopic (exact) mass is 460 g/mol. The first-order valence-corrected chi connectivity index (χ1v) is 9.72. The van der Waals surface area contributed by atoms with Crippen LogP contribution in [0.5, 0.6) is 0 Å². The van der Waals surface area contributed by atoms with E-state index in [0.717, 1.165) is 4.90 Å². The Kier molecular flexibility index (Phi) is 5.42. The van der Waals surface area contributed by atoms with Gasteiger partial charge in [-0.25, -0.2) is 4.39 Å². The van der Waals surface area contributed by atoms with Crippen molar-refractivity contribution in [2.45, 2.75) is 0 Å². The van der Waals surface area contributed by atoms with Crippen molar-refractivity contribution in [1.29, 1.82) is 0 Å². The van der Waals surface area contributed by atoms with Crippen molar-refractivity contribution in [3.8, 4) is 11.3 Å². The quantitative estimate of drug-likeness (QED) is 0.330. The van der Waals surface area contributed by atoms with Gasteiger partial charge in [-0.3, -0.25) is 19.8 Å². The molecule has 1 fully saturated rings. The van der Waals surface area contributed by atoms with Crippen molar-refractivity contribution in [3.05, 3.63) is 81.8 Å². The largest absolute Gasteiger partial charge is 0.457 e. The number of hydrogen-bond donors (Lipinski definition) is 1. The lowest BCUT2D eigenvalue weighted by molar-refractivity contribution is -0.122. The minimum atomic E-state index is -0.661. The van der Waals surface area contributed by atoms with Gasteiger partial charge < -0.3 is 4.42 Å². The zero-order valence-electron chi connectivity index (χ0n) is 15.0. The van der Waals surface area contributed by atoms with Crippen LogP contribution >= 0.6 is 35.4 Å². The highest BCUT2D eigenvalue weighted by atomic mass is 35.5. The molecule has 150 valence electrons. The highest BCUT2D eigenvalue weighted by Gasteiger charge is 2.34. The summed E-state index contributed by atoms with van der Waals surface area (Å²) in [6, 6.07) is 13.4. The number of benzene rings is 2. The molecule has 0 spiro atoms. The van der Waals surface area contributed by atoms with Gasteiger partial charge in [-0.2, -0.15) is 0 Å². The number of carbonyl (C=O) groups excluding carboxylic acids is 2. The Labute approximate surface area is 185 Å². The van der Waals surface area contributed by atoms with Crippen molar-refractivity contribution in [1.82, 2.24) is 5.32 Å². The van der Waals surface area contributed by atoms with Crippen LogP contribution in [0.25, 0.3) is 17.4 Å². The van der Waals surface area contributed by atoms with E-state index in [-0.39, 0.29) is 16.4 Å². The van der Waals surface area contributed by atoms with E-state index < -0.39 is 17.6 Å². The number of hydrogen-bond acceptors (Lipinski definition) is 4. The molecular weight excluding hydrogens is 450 g/mol. The lowest BCUT2D eigenvalue weighted by Crippen LogP contribution is -2.54. The third-order valence-electron chi connectivity index (χ3n) is 4.30. The number of amides is 2. The minimum absolute atomic E-state index is 0.0955. The maximum absolute atomic E-state index is 13.2. The number of carbonyl (C=O) groups is 2. The molecule has 30 heavy (non-hydrogen) atoms. The highest BCUT2D eigenvalue weighted by Crippen LogP contribution is 2.32. The van der Waals surface area contributed by atoms with Crippen molar-refractivity contribution in [3.63, 3.8) is 0 Å². The molecule has 0 bridgehead atoms. The van der Waals surface area contributed by atoms with Gasteiger partial charge in [-0.1, -0.05) is 23.2 Å². The van der Waals surface area contributed by atoms with Crippen LogP contribution in [0.4, 0.5) is 10.1 Å². The molecule has 9 heteroatoms. The van der Waals surface area contributed by atoms with Crippen LogP contribution < -0.4 is 10.2 Å². The second-order valence-electron chi connectivity index (χ2n) is 6.26. The van der Waals surface area contributed by atoms with Crippen LogP contribution in [0.3, 0.4) is 0 Å². The summed E-state index contributed by atoms with van der Waals surface area (Å²) < 4.78 is 19.0. The summed E-state index contributed by atoms with van der Waals surface area (Å²) in [4.78, 5) is 26.4. The number of anilines is 1. The molecule has 0 unspecified atom stereocenters. The Morgan fingerprint density at radius 1 is 1.03 bits per heavy atom. The number of rotatable bonds is 3. The summed E-state index contributed by atoms with van der Waals surface area (Å²) in [5.41, 5.74) is 0.751. The summed E-state index contributed by atoms with van der Waals surface area (Å²) in [5.74, 6) is -1.07. The standard InChI is InChI=1S/C21H11Cl2FN2O3S/c22-11-1-7-15(17(23)9-11)18-8-6-14(29-18)10-16-19(27)25-21(30)26(20(16)28)13-4-2-12(24)3-5-13/h1-10H,(H,25,27,30)/b16-10+. The number of halogens is 3. The summed E-state index contributed by atoms with van der Waals surface area (Å²) in [6.45, 7) is 0. The zero-order chi connectivity index (χ0) is 21.4. The van der Waals surface area contributed by atoms with E-state index in [0.29, 0.717) is 27.1 Å². The van der Waals surface area contributed by atoms with Crippen molar-refractivity contribution in [2.75, 3.05) is 4.90 Å². The third-order valence-corrected chi connectivity index (χ3v) is 5.13. The molecule has 5 nitrogen and oxygen atoms in total. The van der Waals surface area contributed by atoms with E-state index in [1.54, 1.807) is 30.3 Å². The first-order chi connectivity index (χ1) is 14.3. The van der Waals surface area contributed by atoms with Gasteiger partial charge in [0, 0.05) is 10.6 Å². The van der Waals surface area contributed by atoms with Crippen LogP contribution in [0.15, 0.2) is 64.6 Å². The van der Waals surface area contributed by atoms with Crippen molar-refractivity contribution >= 4 is 64.1 Å². The van der Waals surface area contributed by atoms with Gasteiger partial charge in [0.05, 0.1) is 10.7 Å². The fourth-order valence-electron chi connectivity index (χ4n) is 2.89. The van der Waals surface area contributed by atoms with E-state index in [1.807, 2.05) is 0 Å². The van der Waals surface area contributed by atoms with E-state index in [1.165, 1.54) is 30.3 Å². The van der Waals surface area contributed by atoms with E-state index in [9.17, 15) is 14.0 Å². The van der Waals surface area contributed by atoms with Gasteiger partial charge in [0.2, 0.25) is 0 Å². The lowest BCUT2D eigenvalue weighted by Gasteiger charge is -2.28. The number of nitrogens with zero attached hydrogens (tertiary/aromatic N) is 1.